The van der Waals surface area contributed by atoms with Crippen LogP contribution in [0.1, 0.15) is 19.5 Å². The lowest BCUT2D eigenvalue weighted by Gasteiger charge is -2.32. The zero-order valence-electron chi connectivity index (χ0n) is 11.6. The van der Waals surface area contributed by atoms with Crippen molar-refractivity contribution in [1.82, 2.24) is 14.8 Å². The monoisotopic (exact) mass is 251 g/mol. The number of ether oxygens (including phenoxy) is 1. The van der Waals surface area contributed by atoms with Crippen LogP contribution in [0.3, 0.4) is 0 Å². The molecular weight excluding hydrogens is 226 g/mol. The van der Waals surface area contributed by atoms with E-state index in [0.29, 0.717) is 6.10 Å². The van der Waals surface area contributed by atoms with E-state index in [0.717, 1.165) is 45.9 Å². The second-order valence-corrected chi connectivity index (χ2v) is 4.82. The van der Waals surface area contributed by atoms with Crippen LogP contribution in [-0.4, -0.2) is 48.4 Å². The normalized spacial score (nSPS) is 21.3. The molecule has 1 saturated heterocycles. The molecule has 0 bridgehead atoms. The van der Waals surface area contributed by atoms with Gasteiger partial charge in [0, 0.05) is 38.1 Å². The Bertz CT molecular complexity index is 351. The van der Waals surface area contributed by atoms with E-state index < -0.39 is 0 Å². The molecule has 1 aliphatic heterocycles. The predicted molar refractivity (Wildman–Crippen MR) is 73.7 cm³/mol. The van der Waals surface area contributed by atoms with Crippen molar-refractivity contribution in [2.24, 2.45) is 0 Å². The van der Waals surface area contributed by atoms with Crippen molar-refractivity contribution in [2.75, 3.05) is 32.8 Å². The van der Waals surface area contributed by atoms with Crippen LogP contribution in [0.4, 0.5) is 0 Å². The molecule has 4 heteroatoms. The van der Waals surface area contributed by atoms with Gasteiger partial charge in [0.25, 0.3) is 0 Å². The Labute approximate surface area is 110 Å². The first-order chi connectivity index (χ1) is 8.83. The molecule has 1 unspecified atom stereocenters. The zero-order chi connectivity index (χ0) is 12.8. The highest BCUT2D eigenvalue weighted by Crippen LogP contribution is 2.10. The first-order valence-corrected chi connectivity index (χ1v) is 7.02. The fourth-order valence-electron chi connectivity index (χ4n) is 2.44. The Balaban J connectivity index is 1.90. The number of aromatic nitrogens is 1. The van der Waals surface area contributed by atoms with Crippen molar-refractivity contribution in [2.45, 2.75) is 33.0 Å². The summed E-state index contributed by atoms with van der Waals surface area (Å²) in [5.41, 5.74) is 1.34. The van der Waals surface area contributed by atoms with Crippen LogP contribution in [-0.2, 0) is 17.8 Å². The van der Waals surface area contributed by atoms with Crippen molar-refractivity contribution in [3.63, 3.8) is 0 Å². The molecule has 0 radical (unpaired) electrons. The molecule has 0 amide bonds. The van der Waals surface area contributed by atoms with Crippen molar-refractivity contribution in [3.8, 4) is 0 Å². The number of hydrogen-bond donors (Lipinski definition) is 1. The fraction of sp³-hybridized carbons (Fsp3) is 0.714. The molecule has 1 aromatic rings. The maximum atomic E-state index is 5.86. The summed E-state index contributed by atoms with van der Waals surface area (Å²) in [6.45, 7) is 11.4. The maximum absolute atomic E-state index is 5.86. The SMILES string of the molecule is CCNCc1cccn1CC1CN(CC)CCO1. The zero-order valence-corrected chi connectivity index (χ0v) is 11.6. The molecule has 2 heterocycles. The smallest absolute Gasteiger partial charge is 0.0881 e. The van der Waals surface area contributed by atoms with Crippen molar-refractivity contribution < 1.29 is 4.74 Å². The average molecular weight is 251 g/mol. The molecule has 1 aliphatic rings. The molecule has 18 heavy (non-hydrogen) atoms. The van der Waals surface area contributed by atoms with E-state index >= 15 is 0 Å². The summed E-state index contributed by atoms with van der Waals surface area (Å²) in [6, 6.07) is 4.30. The molecule has 1 fully saturated rings. The van der Waals surface area contributed by atoms with E-state index in [1.165, 1.54) is 5.69 Å². The number of nitrogens with one attached hydrogen (secondary N) is 1. The highest BCUT2D eigenvalue weighted by atomic mass is 16.5. The van der Waals surface area contributed by atoms with Gasteiger partial charge in [-0.25, -0.2) is 0 Å². The Kier molecular flexibility index (Phi) is 5.23. The van der Waals surface area contributed by atoms with E-state index in [1.54, 1.807) is 0 Å². The molecule has 2 rings (SSSR count). The highest BCUT2D eigenvalue weighted by molar-refractivity contribution is 5.07. The molecule has 0 aromatic carbocycles. The van der Waals surface area contributed by atoms with Gasteiger partial charge >= 0.3 is 0 Å². The van der Waals surface area contributed by atoms with Gasteiger partial charge in [0.1, 0.15) is 0 Å². The summed E-state index contributed by atoms with van der Waals surface area (Å²) in [6.07, 6.45) is 2.48. The summed E-state index contributed by atoms with van der Waals surface area (Å²) in [5, 5.41) is 3.38. The van der Waals surface area contributed by atoms with Crippen LogP contribution in [0.5, 0.6) is 0 Å². The second kappa shape index (κ2) is 6.92. The Hall–Kier alpha value is -0.840. The molecule has 1 atom stereocenters. The number of hydrogen-bond acceptors (Lipinski definition) is 3. The van der Waals surface area contributed by atoms with E-state index in [2.05, 4.69) is 47.0 Å². The maximum Gasteiger partial charge on any atom is 0.0881 e. The van der Waals surface area contributed by atoms with Gasteiger partial charge in [0.15, 0.2) is 0 Å². The van der Waals surface area contributed by atoms with Crippen LogP contribution in [0.15, 0.2) is 18.3 Å². The lowest BCUT2D eigenvalue weighted by atomic mass is 10.2. The minimum absolute atomic E-state index is 0.325. The number of likely N-dealkylation sites (N-methyl/N-ethyl adjacent to an activating group) is 1. The minimum atomic E-state index is 0.325. The molecule has 0 saturated carbocycles. The quantitative estimate of drug-likeness (QED) is 0.827. The first-order valence-electron chi connectivity index (χ1n) is 7.02. The topological polar surface area (TPSA) is 29.4 Å². The number of morpholine rings is 1. The lowest BCUT2D eigenvalue weighted by molar-refractivity contribution is -0.0345. The highest BCUT2D eigenvalue weighted by Gasteiger charge is 2.19. The molecule has 1 aromatic heterocycles. The molecule has 4 nitrogen and oxygen atoms in total. The van der Waals surface area contributed by atoms with E-state index in [-0.39, 0.29) is 0 Å². The summed E-state index contributed by atoms with van der Waals surface area (Å²) in [4.78, 5) is 2.46. The standard InChI is InChI=1S/C14H25N3O/c1-3-15-10-13-6-5-7-17(13)12-14-11-16(4-2)8-9-18-14/h5-7,14-15H,3-4,8-12H2,1-2H3. The Morgan fingerprint density at radius 2 is 2.33 bits per heavy atom. The van der Waals surface area contributed by atoms with Crippen molar-refractivity contribution >= 4 is 0 Å². The van der Waals surface area contributed by atoms with Gasteiger partial charge in [-0.1, -0.05) is 13.8 Å². The molecular formula is C14H25N3O. The van der Waals surface area contributed by atoms with Crippen LogP contribution in [0, 0.1) is 0 Å². The third kappa shape index (κ3) is 3.57. The van der Waals surface area contributed by atoms with Crippen LogP contribution in [0.25, 0.3) is 0 Å². The van der Waals surface area contributed by atoms with Gasteiger partial charge in [-0.3, -0.25) is 4.90 Å². The van der Waals surface area contributed by atoms with E-state index in [9.17, 15) is 0 Å². The third-order valence-corrected chi connectivity index (χ3v) is 3.55. The third-order valence-electron chi connectivity index (χ3n) is 3.55. The van der Waals surface area contributed by atoms with Gasteiger partial charge in [0.2, 0.25) is 0 Å². The fourth-order valence-corrected chi connectivity index (χ4v) is 2.44. The number of rotatable bonds is 6. The average Bonchev–Trinajstić information content (AvgIpc) is 2.84. The van der Waals surface area contributed by atoms with Crippen molar-refractivity contribution in [3.05, 3.63) is 24.0 Å². The molecule has 102 valence electrons. The van der Waals surface area contributed by atoms with Gasteiger partial charge in [0.05, 0.1) is 12.7 Å². The first kappa shape index (κ1) is 13.6. The summed E-state index contributed by atoms with van der Waals surface area (Å²) in [7, 11) is 0. The van der Waals surface area contributed by atoms with Gasteiger partial charge in [-0.15, -0.1) is 0 Å². The largest absolute Gasteiger partial charge is 0.374 e. The summed E-state index contributed by atoms with van der Waals surface area (Å²) in [5.74, 6) is 0. The van der Waals surface area contributed by atoms with E-state index in [1.807, 2.05) is 0 Å². The van der Waals surface area contributed by atoms with Crippen LogP contribution in [0.2, 0.25) is 0 Å². The summed E-state index contributed by atoms with van der Waals surface area (Å²) < 4.78 is 8.17. The Morgan fingerprint density at radius 1 is 1.44 bits per heavy atom. The lowest BCUT2D eigenvalue weighted by Crippen LogP contribution is -2.44. The molecule has 0 aliphatic carbocycles. The second-order valence-electron chi connectivity index (χ2n) is 4.82. The Morgan fingerprint density at radius 3 is 3.11 bits per heavy atom. The minimum Gasteiger partial charge on any atom is -0.374 e. The predicted octanol–water partition coefficient (Wildman–Crippen LogP) is 1.32. The number of nitrogens with zero attached hydrogens (tertiary/aromatic N) is 2. The summed E-state index contributed by atoms with van der Waals surface area (Å²) >= 11 is 0. The van der Waals surface area contributed by atoms with Crippen molar-refractivity contribution in [1.29, 1.82) is 0 Å². The van der Waals surface area contributed by atoms with Gasteiger partial charge in [-0.05, 0) is 25.2 Å². The van der Waals surface area contributed by atoms with E-state index in [4.69, 9.17) is 4.74 Å². The van der Waals surface area contributed by atoms with Gasteiger partial charge in [-0.2, -0.15) is 0 Å². The molecule has 1 N–H and O–H groups in total. The molecule has 0 spiro atoms. The van der Waals surface area contributed by atoms with Crippen LogP contribution < -0.4 is 5.32 Å². The van der Waals surface area contributed by atoms with Gasteiger partial charge < -0.3 is 14.6 Å². The van der Waals surface area contributed by atoms with Crippen LogP contribution >= 0.6 is 0 Å².